The van der Waals surface area contributed by atoms with Gasteiger partial charge >= 0.3 is 0 Å². The second kappa shape index (κ2) is 9.07. The van der Waals surface area contributed by atoms with Gasteiger partial charge in [0.1, 0.15) is 5.75 Å². The first-order valence-electron chi connectivity index (χ1n) is 10.8. The molecule has 1 aliphatic rings. The maximum absolute atomic E-state index is 11.8. The summed E-state index contributed by atoms with van der Waals surface area (Å²) in [6.45, 7) is 6.15. The van der Waals surface area contributed by atoms with Gasteiger partial charge in [-0.1, -0.05) is 12.1 Å². The molecule has 1 N–H and O–H groups in total. The Morgan fingerprint density at radius 1 is 1.15 bits per heavy atom. The van der Waals surface area contributed by atoms with Crippen LogP contribution in [0.2, 0.25) is 0 Å². The van der Waals surface area contributed by atoms with Gasteiger partial charge in [-0.3, -0.25) is 9.78 Å². The molecule has 34 heavy (non-hydrogen) atoms. The number of fused-ring (bicyclic) bond motifs is 1. The van der Waals surface area contributed by atoms with Crippen molar-refractivity contribution in [3.8, 4) is 17.0 Å². The molecule has 7 nitrogen and oxygen atoms in total. The van der Waals surface area contributed by atoms with Crippen LogP contribution >= 0.6 is 11.3 Å². The van der Waals surface area contributed by atoms with Gasteiger partial charge in [0.2, 0.25) is 4.80 Å². The number of thiazole rings is 1. The molecule has 3 heterocycles. The van der Waals surface area contributed by atoms with Crippen LogP contribution in [0.1, 0.15) is 23.6 Å². The minimum Gasteiger partial charge on any atom is -0.482 e. The Bertz CT molecular complexity index is 1480. The number of hydrogen-bond donors (Lipinski definition) is 1. The number of carbonyl (C=O) groups excluding carboxylic acids is 1. The van der Waals surface area contributed by atoms with Gasteiger partial charge in [0.15, 0.2) is 6.61 Å². The molecule has 0 fully saturated rings. The monoisotopic (exact) mass is 469 g/mol. The van der Waals surface area contributed by atoms with Crippen LogP contribution in [0.25, 0.3) is 11.3 Å². The van der Waals surface area contributed by atoms with Crippen LogP contribution in [-0.2, 0) is 4.79 Å². The van der Waals surface area contributed by atoms with Gasteiger partial charge in [-0.15, -0.1) is 11.3 Å². The summed E-state index contributed by atoms with van der Waals surface area (Å²) in [5.41, 5.74) is 7.44. The van der Waals surface area contributed by atoms with Gasteiger partial charge in [0.25, 0.3) is 5.91 Å². The molecule has 0 spiro atoms. The van der Waals surface area contributed by atoms with Crippen molar-refractivity contribution in [2.45, 2.75) is 20.8 Å². The van der Waals surface area contributed by atoms with Crippen molar-refractivity contribution in [3.63, 3.8) is 0 Å². The number of nitrogens with zero attached hydrogens (tertiary/aromatic N) is 4. The first-order chi connectivity index (χ1) is 16.5. The van der Waals surface area contributed by atoms with E-state index in [1.54, 1.807) is 12.4 Å². The zero-order chi connectivity index (χ0) is 23.7. The quantitative estimate of drug-likeness (QED) is 0.424. The lowest BCUT2D eigenvalue weighted by Gasteiger charge is -2.18. The third-order valence-corrected chi connectivity index (χ3v) is 6.55. The Morgan fingerprint density at radius 3 is 2.79 bits per heavy atom. The normalized spacial score (nSPS) is 13.9. The van der Waals surface area contributed by atoms with E-state index >= 15 is 0 Å². The Labute approximate surface area is 201 Å². The fourth-order valence-electron chi connectivity index (χ4n) is 3.68. The molecule has 8 heteroatoms. The van der Waals surface area contributed by atoms with Crippen molar-refractivity contribution in [1.29, 1.82) is 0 Å². The summed E-state index contributed by atoms with van der Waals surface area (Å²) < 4.78 is 7.38. The fourth-order valence-corrected chi connectivity index (χ4v) is 4.52. The van der Waals surface area contributed by atoms with Gasteiger partial charge in [-0.2, -0.15) is 5.10 Å². The molecule has 0 aliphatic carbocycles. The maximum atomic E-state index is 11.8. The van der Waals surface area contributed by atoms with E-state index in [4.69, 9.17) is 14.8 Å². The van der Waals surface area contributed by atoms with E-state index in [0.29, 0.717) is 11.4 Å². The Hall–Kier alpha value is -4.04. The Balaban J connectivity index is 1.69. The molecule has 1 amide bonds. The van der Waals surface area contributed by atoms with Gasteiger partial charge in [-0.25, -0.2) is 9.67 Å². The number of carbonyl (C=O) groups is 1. The topological polar surface area (TPSA) is 80.9 Å². The number of rotatable bonds is 4. The number of amides is 1. The number of aryl methyl sites for hydroxylation is 1. The number of nitrogens with one attached hydrogen (secondary N) is 1. The third-order valence-electron chi connectivity index (χ3n) is 5.73. The maximum Gasteiger partial charge on any atom is 0.262 e. The van der Waals surface area contributed by atoms with E-state index in [9.17, 15) is 4.79 Å². The summed E-state index contributed by atoms with van der Waals surface area (Å²) in [6.07, 6.45) is 3.50. The molecule has 0 saturated carbocycles. The molecule has 0 unspecified atom stereocenters. The molecule has 1 aliphatic heterocycles. The van der Waals surface area contributed by atoms with Crippen LogP contribution < -0.4 is 14.9 Å². The predicted molar refractivity (Wildman–Crippen MR) is 135 cm³/mol. The molecule has 2 aromatic heterocycles. The van der Waals surface area contributed by atoms with E-state index in [2.05, 4.69) is 30.2 Å². The largest absolute Gasteiger partial charge is 0.482 e. The van der Waals surface area contributed by atoms with E-state index in [0.717, 1.165) is 38.6 Å². The zero-order valence-corrected chi connectivity index (χ0v) is 19.9. The molecule has 2 aromatic carbocycles. The molecule has 0 bridgehead atoms. The highest BCUT2D eigenvalue weighted by molar-refractivity contribution is 7.07. The summed E-state index contributed by atoms with van der Waals surface area (Å²) in [7, 11) is 0. The predicted octanol–water partition coefficient (Wildman–Crippen LogP) is 5.06. The number of aromatic nitrogens is 2. The lowest BCUT2D eigenvalue weighted by Crippen LogP contribution is -2.25. The standard InChI is InChI=1S/C26H23N5O2S/c1-16-5-4-6-21(17(16)2)29-26-31(30-18(3)19-9-11-27-12-10-19)23(15-34-26)20-7-8-24-22(13-20)28-25(32)14-33-24/h4-13,15H,14H2,1-3H3,(H,28,32). The molecule has 0 atom stereocenters. The van der Waals surface area contributed by atoms with Crippen molar-refractivity contribution in [2.24, 2.45) is 10.1 Å². The molecular formula is C26H23N5O2S. The minimum absolute atomic E-state index is 0.0269. The van der Waals surface area contributed by atoms with Crippen molar-refractivity contribution in [2.75, 3.05) is 11.9 Å². The van der Waals surface area contributed by atoms with E-state index < -0.39 is 0 Å². The van der Waals surface area contributed by atoms with Gasteiger partial charge in [0.05, 0.1) is 22.8 Å². The van der Waals surface area contributed by atoms with Crippen molar-refractivity contribution >= 4 is 34.3 Å². The van der Waals surface area contributed by atoms with E-state index in [1.165, 1.54) is 16.9 Å². The SMILES string of the molecule is CC(=Nn1c(-c2ccc3c(c2)NC(=O)CO3)csc1=Nc1cccc(C)c1C)c1ccncc1. The molecule has 5 rings (SSSR count). The fraction of sp³-hybridized carbons (Fsp3) is 0.154. The summed E-state index contributed by atoms with van der Waals surface area (Å²) in [4.78, 5) is 21.6. The van der Waals surface area contributed by atoms with Crippen LogP contribution in [0.5, 0.6) is 5.75 Å². The molecule has 4 aromatic rings. The second-order valence-corrected chi connectivity index (χ2v) is 8.85. The Kier molecular flexibility index (Phi) is 5.81. The summed E-state index contributed by atoms with van der Waals surface area (Å²) in [6, 6.07) is 15.7. The van der Waals surface area contributed by atoms with Crippen LogP contribution in [0.15, 0.2) is 76.4 Å². The average Bonchev–Trinajstić information content (AvgIpc) is 3.24. The van der Waals surface area contributed by atoms with E-state index in [-0.39, 0.29) is 12.5 Å². The van der Waals surface area contributed by atoms with Gasteiger partial charge < -0.3 is 10.1 Å². The first kappa shape index (κ1) is 21.8. The van der Waals surface area contributed by atoms with Crippen LogP contribution in [0.4, 0.5) is 11.4 Å². The summed E-state index contributed by atoms with van der Waals surface area (Å²) in [5.74, 6) is 0.488. The second-order valence-electron chi connectivity index (χ2n) is 8.02. The average molecular weight is 470 g/mol. The van der Waals surface area contributed by atoms with E-state index in [1.807, 2.05) is 59.4 Å². The number of hydrogen-bond acceptors (Lipinski definition) is 6. The summed E-state index contributed by atoms with van der Waals surface area (Å²) in [5, 5.41) is 9.85. The smallest absolute Gasteiger partial charge is 0.262 e. The van der Waals surface area contributed by atoms with Gasteiger partial charge in [0, 0.05) is 28.9 Å². The highest BCUT2D eigenvalue weighted by Crippen LogP contribution is 2.33. The molecular weight excluding hydrogens is 446 g/mol. The number of pyridine rings is 1. The number of ether oxygens (including phenoxy) is 1. The molecule has 0 radical (unpaired) electrons. The zero-order valence-electron chi connectivity index (χ0n) is 19.1. The lowest BCUT2D eigenvalue weighted by atomic mass is 10.1. The van der Waals surface area contributed by atoms with Crippen LogP contribution in [0.3, 0.4) is 0 Å². The highest BCUT2D eigenvalue weighted by atomic mass is 32.1. The van der Waals surface area contributed by atoms with Gasteiger partial charge in [-0.05, 0) is 68.3 Å². The third kappa shape index (κ3) is 4.27. The minimum atomic E-state index is -0.167. The van der Waals surface area contributed by atoms with Crippen LogP contribution in [0, 0.1) is 13.8 Å². The number of anilines is 1. The van der Waals surface area contributed by atoms with Crippen LogP contribution in [-0.4, -0.2) is 27.9 Å². The van der Waals surface area contributed by atoms with Crippen molar-refractivity contribution in [1.82, 2.24) is 9.66 Å². The summed E-state index contributed by atoms with van der Waals surface area (Å²) >= 11 is 1.51. The van der Waals surface area contributed by atoms with Crippen molar-refractivity contribution in [3.05, 3.63) is 87.8 Å². The lowest BCUT2D eigenvalue weighted by molar-refractivity contribution is -0.118. The number of benzene rings is 2. The molecule has 0 saturated heterocycles. The van der Waals surface area contributed by atoms with Crippen molar-refractivity contribution < 1.29 is 9.53 Å². The first-order valence-corrected chi connectivity index (χ1v) is 11.7. The highest BCUT2D eigenvalue weighted by Gasteiger charge is 2.18. The molecule has 170 valence electrons. The Morgan fingerprint density at radius 2 is 1.97 bits per heavy atom.